The van der Waals surface area contributed by atoms with E-state index in [0.717, 1.165) is 18.7 Å². The van der Waals surface area contributed by atoms with Gasteiger partial charge in [-0.3, -0.25) is 4.68 Å². The van der Waals surface area contributed by atoms with Crippen LogP contribution in [0.25, 0.3) is 0 Å². The van der Waals surface area contributed by atoms with Gasteiger partial charge in [0.2, 0.25) is 0 Å². The highest BCUT2D eigenvalue weighted by Gasteiger charge is 2.03. The normalized spacial score (nSPS) is 10.7. The van der Waals surface area contributed by atoms with Crippen LogP contribution in [0.15, 0.2) is 41.1 Å². The van der Waals surface area contributed by atoms with E-state index in [-0.39, 0.29) is 5.82 Å². The molecule has 0 amide bonds. The fraction of sp³-hybridized carbons (Fsp3) is 0.250. The summed E-state index contributed by atoms with van der Waals surface area (Å²) in [4.78, 5) is 0. The summed E-state index contributed by atoms with van der Waals surface area (Å²) in [5.74, 6) is -0.226. The molecule has 5 heteroatoms. The largest absolute Gasteiger partial charge is 0.311 e. The molecule has 0 spiro atoms. The van der Waals surface area contributed by atoms with E-state index in [4.69, 9.17) is 0 Å². The quantitative estimate of drug-likeness (QED) is 0.860. The Hall–Kier alpha value is -1.20. The van der Waals surface area contributed by atoms with Crippen LogP contribution in [0.5, 0.6) is 0 Å². The van der Waals surface area contributed by atoms with Crippen molar-refractivity contribution in [3.05, 3.63) is 52.5 Å². The van der Waals surface area contributed by atoms with Crippen LogP contribution in [0.4, 0.5) is 4.39 Å². The number of benzene rings is 1. The van der Waals surface area contributed by atoms with Gasteiger partial charge in [-0.25, -0.2) is 4.39 Å². The zero-order valence-electron chi connectivity index (χ0n) is 9.24. The molecule has 2 rings (SSSR count). The minimum Gasteiger partial charge on any atom is -0.311 e. The molecule has 0 fully saturated rings. The van der Waals surface area contributed by atoms with E-state index in [1.807, 2.05) is 23.0 Å². The number of nitrogens with one attached hydrogen (secondary N) is 1. The molecule has 1 N–H and O–H groups in total. The Bertz CT molecular complexity index is 471. The van der Waals surface area contributed by atoms with Crippen molar-refractivity contribution < 1.29 is 4.39 Å². The van der Waals surface area contributed by atoms with E-state index in [9.17, 15) is 4.39 Å². The lowest BCUT2D eigenvalue weighted by Crippen LogP contribution is -2.20. The summed E-state index contributed by atoms with van der Waals surface area (Å²) in [5, 5.41) is 7.35. The Balaban J connectivity index is 1.80. The molecule has 1 heterocycles. The molecule has 2 aromatic rings. The Morgan fingerprint density at radius 3 is 3.00 bits per heavy atom. The van der Waals surface area contributed by atoms with Crippen molar-refractivity contribution >= 4 is 15.9 Å². The summed E-state index contributed by atoms with van der Waals surface area (Å²) in [6.45, 7) is 2.24. The van der Waals surface area contributed by atoms with Gasteiger partial charge in [0, 0.05) is 25.5 Å². The highest BCUT2D eigenvalue weighted by atomic mass is 79.9. The first-order chi connectivity index (χ1) is 8.27. The summed E-state index contributed by atoms with van der Waals surface area (Å²) in [6, 6.07) is 6.94. The topological polar surface area (TPSA) is 29.9 Å². The number of halogens is 2. The van der Waals surface area contributed by atoms with Crippen LogP contribution in [0.1, 0.15) is 5.56 Å². The molecule has 3 nitrogen and oxygen atoms in total. The minimum atomic E-state index is -0.226. The fourth-order valence-corrected chi connectivity index (χ4v) is 1.94. The molecule has 17 heavy (non-hydrogen) atoms. The monoisotopic (exact) mass is 297 g/mol. The Morgan fingerprint density at radius 2 is 2.24 bits per heavy atom. The van der Waals surface area contributed by atoms with Gasteiger partial charge in [0.05, 0.1) is 11.0 Å². The predicted octanol–water partition coefficient (Wildman–Crippen LogP) is 2.57. The molecule has 1 aromatic carbocycles. The van der Waals surface area contributed by atoms with Crippen molar-refractivity contribution in [2.75, 3.05) is 6.54 Å². The minimum absolute atomic E-state index is 0.226. The van der Waals surface area contributed by atoms with Gasteiger partial charge in [0.25, 0.3) is 0 Å². The highest BCUT2D eigenvalue weighted by Crippen LogP contribution is 2.19. The Labute approximate surface area is 108 Å². The van der Waals surface area contributed by atoms with Crippen LogP contribution >= 0.6 is 15.9 Å². The lowest BCUT2D eigenvalue weighted by Gasteiger charge is -2.07. The molecule has 1 aromatic heterocycles. The standard InChI is InChI=1S/C12H13BrFN3/c13-12-10(3-1-4-11(12)14)9-15-6-8-17-7-2-5-16-17/h1-5,7,15H,6,8-9H2. The van der Waals surface area contributed by atoms with Crippen LogP contribution in [0.2, 0.25) is 0 Å². The molecule has 90 valence electrons. The first-order valence-electron chi connectivity index (χ1n) is 5.38. The van der Waals surface area contributed by atoms with Crippen molar-refractivity contribution in [2.24, 2.45) is 0 Å². The van der Waals surface area contributed by atoms with Crippen LogP contribution in [0.3, 0.4) is 0 Å². The smallest absolute Gasteiger partial charge is 0.137 e. The SMILES string of the molecule is Fc1cccc(CNCCn2cccn2)c1Br. The maximum atomic E-state index is 13.2. The van der Waals surface area contributed by atoms with Crippen molar-refractivity contribution in [3.63, 3.8) is 0 Å². The number of aromatic nitrogens is 2. The van der Waals surface area contributed by atoms with Gasteiger partial charge in [0.1, 0.15) is 5.82 Å². The van der Waals surface area contributed by atoms with Crippen molar-refractivity contribution in [1.29, 1.82) is 0 Å². The lowest BCUT2D eigenvalue weighted by molar-refractivity contribution is 0.551. The third-order valence-electron chi connectivity index (χ3n) is 2.42. The van der Waals surface area contributed by atoms with Gasteiger partial charge in [-0.05, 0) is 33.6 Å². The van der Waals surface area contributed by atoms with Crippen molar-refractivity contribution in [1.82, 2.24) is 15.1 Å². The fourth-order valence-electron chi connectivity index (χ4n) is 1.53. The van der Waals surface area contributed by atoms with Gasteiger partial charge in [-0.1, -0.05) is 12.1 Å². The molecular formula is C12H13BrFN3. The van der Waals surface area contributed by atoms with Gasteiger partial charge >= 0.3 is 0 Å². The van der Waals surface area contributed by atoms with E-state index in [0.29, 0.717) is 11.0 Å². The molecule has 0 bridgehead atoms. The summed E-state index contributed by atoms with van der Waals surface area (Å²) in [7, 11) is 0. The molecule has 0 saturated carbocycles. The summed E-state index contributed by atoms with van der Waals surface area (Å²) < 4.78 is 15.6. The molecular weight excluding hydrogens is 285 g/mol. The molecule has 0 aliphatic rings. The molecule has 0 aliphatic carbocycles. The predicted molar refractivity (Wildman–Crippen MR) is 68.0 cm³/mol. The Kier molecular flexibility index (Phi) is 4.28. The maximum Gasteiger partial charge on any atom is 0.137 e. The third kappa shape index (κ3) is 3.38. The molecule has 0 radical (unpaired) electrons. The second-order valence-electron chi connectivity index (χ2n) is 3.66. The number of hydrogen-bond donors (Lipinski definition) is 1. The van der Waals surface area contributed by atoms with Gasteiger partial charge in [-0.15, -0.1) is 0 Å². The van der Waals surface area contributed by atoms with Crippen molar-refractivity contribution in [2.45, 2.75) is 13.1 Å². The van der Waals surface area contributed by atoms with Crippen LogP contribution in [-0.2, 0) is 13.1 Å². The second kappa shape index (κ2) is 5.93. The average molecular weight is 298 g/mol. The third-order valence-corrected chi connectivity index (χ3v) is 3.31. The van der Waals surface area contributed by atoms with Crippen molar-refractivity contribution in [3.8, 4) is 0 Å². The Morgan fingerprint density at radius 1 is 1.35 bits per heavy atom. The maximum absolute atomic E-state index is 13.2. The molecule has 0 atom stereocenters. The van der Waals surface area contributed by atoms with Crippen LogP contribution in [-0.4, -0.2) is 16.3 Å². The van der Waals surface area contributed by atoms with Gasteiger partial charge in [-0.2, -0.15) is 5.10 Å². The van der Waals surface area contributed by atoms with E-state index >= 15 is 0 Å². The molecule has 0 saturated heterocycles. The first-order valence-corrected chi connectivity index (χ1v) is 6.17. The van der Waals surface area contributed by atoms with Gasteiger partial charge < -0.3 is 5.32 Å². The zero-order valence-corrected chi connectivity index (χ0v) is 10.8. The number of rotatable bonds is 5. The summed E-state index contributed by atoms with van der Waals surface area (Å²) in [6.07, 6.45) is 3.67. The van der Waals surface area contributed by atoms with E-state index in [2.05, 4.69) is 26.3 Å². The van der Waals surface area contributed by atoms with Crippen LogP contribution < -0.4 is 5.32 Å². The molecule has 0 aliphatic heterocycles. The lowest BCUT2D eigenvalue weighted by atomic mass is 10.2. The van der Waals surface area contributed by atoms with E-state index in [1.165, 1.54) is 6.07 Å². The van der Waals surface area contributed by atoms with E-state index < -0.39 is 0 Å². The summed E-state index contributed by atoms with van der Waals surface area (Å²) >= 11 is 3.24. The zero-order chi connectivity index (χ0) is 12.1. The number of hydrogen-bond acceptors (Lipinski definition) is 2. The van der Waals surface area contributed by atoms with Crippen LogP contribution in [0, 0.1) is 5.82 Å². The number of nitrogens with zero attached hydrogens (tertiary/aromatic N) is 2. The molecule has 0 unspecified atom stereocenters. The average Bonchev–Trinajstić information content (AvgIpc) is 2.83. The van der Waals surface area contributed by atoms with Gasteiger partial charge in [0.15, 0.2) is 0 Å². The highest BCUT2D eigenvalue weighted by molar-refractivity contribution is 9.10. The van der Waals surface area contributed by atoms with E-state index in [1.54, 1.807) is 12.3 Å². The first kappa shape index (κ1) is 12.3. The second-order valence-corrected chi connectivity index (χ2v) is 4.45. The summed E-state index contributed by atoms with van der Waals surface area (Å²) in [5.41, 5.74) is 0.922.